The number of anilines is 1. The van der Waals surface area contributed by atoms with E-state index in [4.69, 9.17) is 0 Å². The fourth-order valence-corrected chi connectivity index (χ4v) is 2.07. The van der Waals surface area contributed by atoms with Crippen LogP contribution >= 0.6 is 15.9 Å². The average Bonchev–Trinajstić information content (AvgIpc) is 2.99. The van der Waals surface area contributed by atoms with Gasteiger partial charge in [-0.1, -0.05) is 0 Å². The molecule has 0 radical (unpaired) electrons. The molecular formula is C12H14BrN5O3. The zero-order chi connectivity index (χ0) is 15.2. The van der Waals surface area contributed by atoms with Crippen molar-refractivity contribution in [3.8, 4) is 0 Å². The number of carbonyl (C=O) groups excluding carboxylic acids is 1. The molecule has 9 heteroatoms. The minimum Gasteiger partial charge on any atom is -0.468 e. The molecule has 0 spiro atoms. The Morgan fingerprint density at radius 2 is 2.29 bits per heavy atom. The fraction of sp³-hybridized carbons (Fsp3) is 0.333. The highest BCUT2D eigenvalue weighted by molar-refractivity contribution is 9.10. The number of halogens is 1. The van der Waals surface area contributed by atoms with Crippen molar-refractivity contribution in [2.45, 2.75) is 13.1 Å². The summed E-state index contributed by atoms with van der Waals surface area (Å²) in [7, 11) is 1.26. The molecule has 0 unspecified atom stereocenters. The molecular weight excluding hydrogens is 342 g/mol. The van der Waals surface area contributed by atoms with Crippen molar-refractivity contribution in [2.75, 3.05) is 19.0 Å². The monoisotopic (exact) mass is 355 g/mol. The van der Waals surface area contributed by atoms with E-state index in [-0.39, 0.29) is 6.54 Å². The molecule has 0 saturated heterocycles. The zero-order valence-corrected chi connectivity index (χ0v) is 12.9. The Labute approximate surface area is 128 Å². The summed E-state index contributed by atoms with van der Waals surface area (Å²) < 4.78 is 7.63. The van der Waals surface area contributed by atoms with Gasteiger partial charge in [0.05, 0.1) is 25.5 Å². The second kappa shape index (κ2) is 7.02. The van der Waals surface area contributed by atoms with Gasteiger partial charge in [0.25, 0.3) is 5.56 Å². The molecule has 0 amide bonds. The van der Waals surface area contributed by atoms with Gasteiger partial charge in [0.1, 0.15) is 11.0 Å². The van der Waals surface area contributed by atoms with E-state index in [1.54, 1.807) is 10.9 Å². The lowest BCUT2D eigenvalue weighted by molar-refractivity contribution is -0.141. The van der Waals surface area contributed by atoms with Gasteiger partial charge in [0.15, 0.2) is 0 Å². The fourth-order valence-electron chi connectivity index (χ4n) is 1.63. The summed E-state index contributed by atoms with van der Waals surface area (Å²) in [5, 5.41) is 11.1. The van der Waals surface area contributed by atoms with Gasteiger partial charge in [-0.05, 0) is 22.0 Å². The first-order valence-corrected chi connectivity index (χ1v) is 6.95. The third-order valence-corrected chi connectivity index (χ3v) is 3.47. The maximum Gasteiger partial charge on any atom is 0.327 e. The van der Waals surface area contributed by atoms with Gasteiger partial charge in [-0.3, -0.25) is 14.3 Å². The van der Waals surface area contributed by atoms with Crippen LogP contribution in [0.15, 0.2) is 33.9 Å². The van der Waals surface area contributed by atoms with Gasteiger partial charge >= 0.3 is 5.97 Å². The Balaban J connectivity index is 2.02. The smallest absolute Gasteiger partial charge is 0.327 e. The number of aromatic nitrogens is 4. The lowest BCUT2D eigenvalue weighted by atomic mass is 10.4. The number of hydrogen-bond donors (Lipinski definition) is 1. The second-order valence-corrected chi connectivity index (χ2v) is 4.90. The molecule has 2 heterocycles. The number of methoxy groups -OCH3 is 1. The molecule has 0 aromatic carbocycles. The van der Waals surface area contributed by atoms with Gasteiger partial charge in [0, 0.05) is 18.9 Å². The van der Waals surface area contributed by atoms with Crippen LogP contribution in [-0.2, 0) is 22.6 Å². The minimum atomic E-state index is -0.532. The van der Waals surface area contributed by atoms with Gasteiger partial charge < -0.3 is 10.1 Å². The molecule has 0 aliphatic carbocycles. The van der Waals surface area contributed by atoms with E-state index in [2.05, 4.69) is 36.2 Å². The number of rotatable bonds is 6. The summed E-state index contributed by atoms with van der Waals surface area (Å²) in [5.74, 6) is -0.532. The van der Waals surface area contributed by atoms with Crippen molar-refractivity contribution < 1.29 is 9.53 Å². The van der Waals surface area contributed by atoms with E-state index in [1.807, 2.05) is 12.3 Å². The molecule has 1 N–H and O–H groups in total. The van der Waals surface area contributed by atoms with Crippen LogP contribution in [0.1, 0.15) is 0 Å². The normalized spacial score (nSPS) is 10.4. The molecule has 112 valence electrons. The molecule has 0 saturated carbocycles. The first-order chi connectivity index (χ1) is 10.1. The number of nitrogens with one attached hydrogen (secondary N) is 1. The van der Waals surface area contributed by atoms with Crippen molar-refractivity contribution in [1.82, 2.24) is 19.6 Å². The quantitative estimate of drug-likeness (QED) is 0.758. The second-order valence-electron chi connectivity index (χ2n) is 4.11. The Kier molecular flexibility index (Phi) is 5.09. The van der Waals surface area contributed by atoms with E-state index in [0.29, 0.717) is 23.2 Å². The van der Waals surface area contributed by atoms with Crippen molar-refractivity contribution in [1.29, 1.82) is 0 Å². The Bertz CT molecular complexity index is 668. The van der Waals surface area contributed by atoms with E-state index in [0.717, 1.165) is 4.68 Å². The molecule has 8 nitrogen and oxygen atoms in total. The van der Waals surface area contributed by atoms with Gasteiger partial charge in [-0.2, -0.15) is 10.2 Å². The SMILES string of the molecule is COC(=O)Cn1ncc(NCCn2cccn2)c(Br)c1=O. The summed E-state index contributed by atoms with van der Waals surface area (Å²) in [4.78, 5) is 23.2. The van der Waals surface area contributed by atoms with Crippen molar-refractivity contribution in [3.63, 3.8) is 0 Å². The molecule has 0 bridgehead atoms. The summed E-state index contributed by atoms with van der Waals surface area (Å²) >= 11 is 3.21. The molecule has 0 aliphatic heterocycles. The number of nitrogens with zero attached hydrogens (tertiary/aromatic N) is 4. The number of ether oxygens (including phenoxy) is 1. The summed E-state index contributed by atoms with van der Waals surface area (Å²) in [6, 6.07) is 1.84. The lowest BCUT2D eigenvalue weighted by Crippen LogP contribution is -2.28. The van der Waals surface area contributed by atoms with Crippen LogP contribution in [0.25, 0.3) is 0 Å². The first-order valence-electron chi connectivity index (χ1n) is 6.15. The molecule has 0 atom stereocenters. The standard InChI is InChI=1S/C12H14BrN5O3/c1-21-10(19)8-18-12(20)11(13)9(7-16-18)14-4-6-17-5-2-3-15-17/h2-3,5,7,14H,4,6,8H2,1H3. The zero-order valence-electron chi connectivity index (χ0n) is 11.3. The predicted octanol–water partition coefficient (Wildman–Crippen LogP) is 0.487. The number of esters is 1. The number of carbonyl (C=O) groups is 1. The predicted molar refractivity (Wildman–Crippen MR) is 78.9 cm³/mol. The van der Waals surface area contributed by atoms with E-state index in [9.17, 15) is 9.59 Å². The van der Waals surface area contributed by atoms with Crippen LogP contribution in [-0.4, -0.2) is 39.2 Å². The van der Waals surface area contributed by atoms with Crippen LogP contribution in [0.4, 0.5) is 5.69 Å². The van der Waals surface area contributed by atoms with Crippen molar-refractivity contribution in [3.05, 3.63) is 39.5 Å². The maximum absolute atomic E-state index is 12.0. The maximum atomic E-state index is 12.0. The Morgan fingerprint density at radius 3 is 2.95 bits per heavy atom. The average molecular weight is 356 g/mol. The summed E-state index contributed by atoms with van der Waals surface area (Å²) in [6.45, 7) is 1.02. The van der Waals surface area contributed by atoms with Crippen LogP contribution in [0.5, 0.6) is 0 Å². The van der Waals surface area contributed by atoms with Crippen LogP contribution < -0.4 is 10.9 Å². The topological polar surface area (TPSA) is 91.0 Å². The molecule has 2 aromatic heterocycles. The highest BCUT2D eigenvalue weighted by Crippen LogP contribution is 2.15. The largest absolute Gasteiger partial charge is 0.468 e. The summed E-state index contributed by atoms with van der Waals surface area (Å²) in [6.07, 6.45) is 5.03. The first kappa shape index (κ1) is 15.2. The Morgan fingerprint density at radius 1 is 1.48 bits per heavy atom. The number of hydrogen-bond acceptors (Lipinski definition) is 6. The van der Waals surface area contributed by atoms with Crippen molar-refractivity contribution in [2.24, 2.45) is 0 Å². The summed E-state index contributed by atoms with van der Waals surface area (Å²) in [5.41, 5.74) is 0.165. The third-order valence-electron chi connectivity index (χ3n) is 2.71. The van der Waals surface area contributed by atoms with E-state index < -0.39 is 11.5 Å². The van der Waals surface area contributed by atoms with E-state index >= 15 is 0 Å². The van der Waals surface area contributed by atoms with Gasteiger partial charge in [-0.15, -0.1) is 0 Å². The minimum absolute atomic E-state index is 0.221. The highest BCUT2D eigenvalue weighted by atomic mass is 79.9. The van der Waals surface area contributed by atoms with Crippen LogP contribution in [0.3, 0.4) is 0 Å². The van der Waals surface area contributed by atoms with Gasteiger partial charge in [0.2, 0.25) is 0 Å². The van der Waals surface area contributed by atoms with Gasteiger partial charge in [-0.25, -0.2) is 4.68 Å². The molecule has 21 heavy (non-hydrogen) atoms. The van der Waals surface area contributed by atoms with Crippen molar-refractivity contribution >= 4 is 27.6 Å². The Hall–Kier alpha value is -2.16. The van der Waals surface area contributed by atoms with Crippen LogP contribution in [0, 0.1) is 0 Å². The molecule has 0 aliphatic rings. The highest BCUT2D eigenvalue weighted by Gasteiger charge is 2.11. The third kappa shape index (κ3) is 3.91. The van der Waals surface area contributed by atoms with Crippen LogP contribution in [0.2, 0.25) is 0 Å². The molecule has 0 fully saturated rings. The lowest BCUT2D eigenvalue weighted by Gasteiger charge is -2.10. The van der Waals surface area contributed by atoms with E-state index in [1.165, 1.54) is 13.3 Å². The molecule has 2 rings (SSSR count). The molecule has 2 aromatic rings.